The van der Waals surface area contributed by atoms with Crippen molar-refractivity contribution in [3.8, 4) is 0 Å². The van der Waals surface area contributed by atoms with Gasteiger partial charge in [-0.2, -0.15) is 0 Å². The Morgan fingerprint density at radius 3 is 1.89 bits per heavy atom. The second-order valence-corrected chi connectivity index (χ2v) is 6.86. The Morgan fingerprint density at radius 2 is 1.58 bits per heavy atom. The molecule has 1 rings (SSSR count). The van der Waals surface area contributed by atoms with Crippen molar-refractivity contribution in [1.29, 1.82) is 0 Å². The molecule has 0 amide bonds. The van der Waals surface area contributed by atoms with E-state index in [9.17, 15) is 9.90 Å². The minimum absolute atomic E-state index is 0.00470. The van der Waals surface area contributed by atoms with Gasteiger partial charge in [0.2, 0.25) is 0 Å². The fraction of sp³-hybridized carbons (Fsp3) is 0.562. The van der Waals surface area contributed by atoms with Gasteiger partial charge >= 0.3 is 5.97 Å². The van der Waals surface area contributed by atoms with Crippen molar-refractivity contribution in [2.45, 2.75) is 52.6 Å². The number of aromatic carboxylic acids is 1. The molecule has 1 atom stereocenters. The molecular formula is C16H24O3. The Bertz CT molecular complexity index is 433. The molecule has 1 aromatic rings. The first kappa shape index (κ1) is 15.7. The SMILES string of the molecule is CC(C)(O)CC(c1ccc(C(=O)O)cc1)C(C)(C)C. The van der Waals surface area contributed by atoms with E-state index in [4.69, 9.17) is 5.11 Å². The Balaban J connectivity index is 3.08. The number of benzene rings is 1. The van der Waals surface area contributed by atoms with Gasteiger partial charge in [0, 0.05) is 0 Å². The van der Waals surface area contributed by atoms with Gasteiger partial charge in [-0.3, -0.25) is 0 Å². The van der Waals surface area contributed by atoms with Gasteiger partial charge in [0.05, 0.1) is 11.2 Å². The molecule has 0 fully saturated rings. The zero-order chi connectivity index (χ0) is 14.8. The second-order valence-electron chi connectivity index (χ2n) is 6.86. The fourth-order valence-electron chi connectivity index (χ4n) is 2.28. The third-order valence-electron chi connectivity index (χ3n) is 3.31. The Hall–Kier alpha value is -1.35. The molecule has 0 aliphatic carbocycles. The molecule has 0 spiro atoms. The molecule has 0 radical (unpaired) electrons. The largest absolute Gasteiger partial charge is 0.478 e. The average molecular weight is 264 g/mol. The maximum Gasteiger partial charge on any atom is 0.335 e. The molecular weight excluding hydrogens is 240 g/mol. The number of carbonyl (C=O) groups is 1. The number of hydrogen-bond donors (Lipinski definition) is 2. The van der Waals surface area contributed by atoms with Crippen LogP contribution in [0.2, 0.25) is 0 Å². The van der Waals surface area contributed by atoms with E-state index in [1.165, 1.54) is 0 Å². The first-order valence-corrected chi connectivity index (χ1v) is 6.56. The van der Waals surface area contributed by atoms with Crippen molar-refractivity contribution in [3.63, 3.8) is 0 Å². The highest BCUT2D eigenvalue weighted by Crippen LogP contribution is 2.40. The summed E-state index contributed by atoms with van der Waals surface area (Å²) >= 11 is 0. The van der Waals surface area contributed by atoms with Crippen molar-refractivity contribution in [1.82, 2.24) is 0 Å². The summed E-state index contributed by atoms with van der Waals surface area (Å²) in [6, 6.07) is 6.96. The molecule has 0 bridgehead atoms. The van der Waals surface area contributed by atoms with Crippen LogP contribution in [0.3, 0.4) is 0 Å². The van der Waals surface area contributed by atoms with Crippen LogP contribution in [-0.4, -0.2) is 21.8 Å². The normalized spacial score (nSPS) is 14.2. The van der Waals surface area contributed by atoms with Crippen LogP contribution in [0, 0.1) is 5.41 Å². The minimum atomic E-state index is -0.915. The summed E-state index contributed by atoms with van der Waals surface area (Å²) in [6.07, 6.45) is 0.642. The van der Waals surface area contributed by atoms with E-state index in [0.29, 0.717) is 12.0 Å². The average Bonchev–Trinajstić information content (AvgIpc) is 2.23. The van der Waals surface area contributed by atoms with Crippen LogP contribution < -0.4 is 0 Å². The molecule has 0 aliphatic rings. The summed E-state index contributed by atoms with van der Waals surface area (Å²) in [5, 5.41) is 19.0. The lowest BCUT2D eigenvalue weighted by molar-refractivity contribution is 0.0478. The molecule has 0 heterocycles. The predicted octanol–water partition coefficient (Wildman–Crippen LogP) is 3.68. The summed E-state index contributed by atoms with van der Waals surface area (Å²) in [5.41, 5.74) is 0.619. The van der Waals surface area contributed by atoms with E-state index in [1.54, 1.807) is 26.0 Å². The summed E-state index contributed by atoms with van der Waals surface area (Å²) in [6.45, 7) is 10.0. The molecule has 19 heavy (non-hydrogen) atoms. The molecule has 3 nitrogen and oxygen atoms in total. The highest BCUT2D eigenvalue weighted by Gasteiger charge is 2.31. The molecule has 106 valence electrons. The Labute approximate surface area is 115 Å². The van der Waals surface area contributed by atoms with Gasteiger partial charge in [0.1, 0.15) is 0 Å². The third kappa shape index (κ3) is 4.67. The molecule has 0 saturated heterocycles. The first-order chi connectivity index (χ1) is 8.50. The maximum absolute atomic E-state index is 10.9. The van der Waals surface area contributed by atoms with Crippen LogP contribution in [0.1, 0.15) is 62.9 Å². The first-order valence-electron chi connectivity index (χ1n) is 6.56. The van der Waals surface area contributed by atoms with Crippen LogP contribution in [0.15, 0.2) is 24.3 Å². The van der Waals surface area contributed by atoms with Crippen LogP contribution in [0.4, 0.5) is 0 Å². The van der Waals surface area contributed by atoms with Crippen molar-refractivity contribution in [2.24, 2.45) is 5.41 Å². The van der Waals surface area contributed by atoms with E-state index in [-0.39, 0.29) is 11.3 Å². The maximum atomic E-state index is 10.9. The van der Waals surface area contributed by atoms with E-state index in [2.05, 4.69) is 20.8 Å². The number of carboxylic acids is 1. The van der Waals surface area contributed by atoms with Crippen molar-refractivity contribution >= 4 is 5.97 Å². The predicted molar refractivity (Wildman–Crippen MR) is 76.5 cm³/mol. The van der Waals surface area contributed by atoms with Gasteiger partial charge in [0.25, 0.3) is 0 Å². The molecule has 1 aromatic carbocycles. The molecule has 1 unspecified atom stereocenters. The lowest BCUT2D eigenvalue weighted by Crippen LogP contribution is -2.29. The third-order valence-corrected chi connectivity index (χ3v) is 3.31. The lowest BCUT2D eigenvalue weighted by atomic mass is 9.71. The zero-order valence-electron chi connectivity index (χ0n) is 12.4. The fourth-order valence-corrected chi connectivity index (χ4v) is 2.28. The van der Waals surface area contributed by atoms with Crippen LogP contribution in [0.5, 0.6) is 0 Å². The van der Waals surface area contributed by atoms with E-state index in [1.807, 2.05) is 12.1 Å². The highest BCUT2D eigenvalue weighted by molar-refractivity contribution is 5.87. The molecule has 0 aromatic heterocycles. The van der Waals surface area contributed by atoms with Crippen LogP contribution >= 0.6 is 0 Å². The van der Waals surface area contributed by atoms with Gasteiger partial charge < -0.3 is 10.2 Å². The summed E-state index contributed by atoms with van der Waals surface area (Å²) in [5.74, 6) is -0.739. The van der Waals surface area contributed by atoms with E-state index in [0.717, 1.165) is 5.56 Å². The second kappa shape index (κ2) is 5.33. The van der Waals surface area contributed by atoms with E-state index < -0.39 is 11.6 Å². The summed E-state index contributed by atoms with van der Waals surface area (Å²) in [7, 11) is 0. The monoisotopic (exact) mass is 264 g/mol. The highest BCUT2D eigenvalue weighted by atomic mass is 16.4. The van der Waals surface area contributed by atoms with Crippen LogP contribution in [0.25, 0.3) is 0 Å². The van der Waals surface area contributed by atoms with Crippen molar-refractivity contribution < 1.29 is 15.0 Å². The van der Waals surface area contributed by atoms with Gasteiger partial charge in [-0.05, 0) is 49.3 Å². The minimum Gasteiger partial charge on any atom is -0.478 e. The van der Waals surface area contributed by atoms with Crippen molar-refractivity contribution in [3.05, 3.63) is 35.4 Å². The summed E-state index contributed by atoms with van der Waals surface area (Å²) in [4.78, 5) is 10.9. The number of rotatable bonds is 4. The Morgan fingerprint density at radius 1 is 1.11 bits per heavy atom. The standard InChI is InChI=1S/C16H24O3/c1-15(2,3)13(10-16(4,5)19)11-6-8-12(9-7-11)14(17)18/h6-9,13,19H,10H2,1-5H3,(H,17,18). The quantitative estimate of drug-likeness (QED) is 0.872. The number of aliphatic hydroxyl groups is 1. The smallest absolute Gasteiger partial charge is 0.335 e. The summed E-state index contributed by atoms with van der Waals surface area (Å²) < 4.78 is 0. The molecule has 2 N–H and O–H groups in total. The van der Waals surface area contributed by atoms with Crippen LogP contribution in [-0.2, 0) is 0 Å². The number of hydrogen-bond acceptors (Lipinski definition) is 2. The number of carboxylic acid groups (broad SMARTS) is 1. The molecule has 0 saturated carbocycles. The Kier molecular flexibility index (Phi) is 4.41. The van der Waals surface area contributed by atoms with E-state index >= 15 is 0 Å². The lowest BCUT2D eigenvalue weighted by Gasteiger charge is -2.35. The van der Waals surface area contributed by atoms with Gasteiger partial charge in [0.15, 0.2) is 0 Å². The van der Waals surface area contributed by atoms with Crippen molar-refractivity contribution in [2.75, 3.05) is 0 Å². The zero-order valence-corrected chi connectivity index (χ0v) is 12.4. The molecule has 3 heteroatoms. The topological polar surface area (TPSA) is 57.5 Å². The van der Waals surface area contributed by atoms with Gasteiger partial charge in [-0.1, -0.05) is 32.9 Å². The van der Waals surface area contributed by atoms with Gasteiger partial charge in [-0.15, -0.1) is 0 Å². The van der Waals surface area contributed by atoms with Gasteiger partial charge in [-0.25, -0.2) is 4.79 Å². The molecule has 0 aliphatic heterocycles.